The molecule has 0 radical (unpaired) electrons. The lowest BCUT2D eigenvalue weighted by molar-refractivity contribution is 0.318. The van der Waals surface area contributed by atoms with Crippen LogP contribution in [0.2, 0.25) is 0 Å². The molecule has 4 nitrogen and oxygen atoms in total. The number of rotatable bonds is 5. The fourth-order valence-corrected chi connectivity index (χ4v) is 2.82. The van der Waals surface area contributed by atoms with Crippen LogP contribution >= 0.6 is 27.3 Å². The van der Waals surface area contributed by atoms with E-state index in [2.05, 4.69) is 32.5 Å². The summed E-state index contributed by atoms with van der Waals surface area (Å²) in [7, 11) is 0. The Morgan fingerprint density at radius 1 is 1.42 bits per heavy atom. The van der Waals surface area contributed by atoms with Crippen LogP contribution in [0.1, 0.15) is 10.4 Å². The normalized spacial score (nSPS) is 11.5. The number of thiophene rings is 1. The molecule has 1 aromatic heterocycles. The van der Waals surface area contributed by atoms with Crippen molar-refractivity contribution in [1.82, 2.24) is 0 Å². The molecule has 0 aliphatic carbocycles. The van der Waals surface area contributed by atoms with Gasteiger partial charge in [-0.25, -0.2) is 0 Å². The van der Waals surface area contributed by atoms with Crippen molar-refractivity contribution < 1.29 is 9.94 Å². The molecule has 2 aromatic rings. The fourth-order valence-electron chi connectivity index (χ4n) is 1.57. The van der Waals surface area contributed by atoms with E-state index in [0.29, 0.717) is 12.2 Å². The van der Waals surface area contributed by atoms with Crippen LogP contribution < -0.4 is 10.5 Å². The Morgan fingerprint density at radius 2 is 2.26 bits per heavy atom. The summed E-state index contributed by atoms with van der Waals surface area (Å²) in [5.74, 6) is 0.815. The maximum atomic E-state index is 8.64. The van der Waals surface area contributed by atoms with Gasteiger partial charge in [-0.05, 0) is 45.6 Å². The molecule has 0 spiro atoms. The quantitative estimate of drug-likeness (QED) is 0.380. The molecule has 0 unspecified atom stereocenters. The summed E-state index contributed by atoms with van der Waals surface area (Å²) in [6.45, 7) is 0.621. The van der Waals surface area contributed by atoms with Crippen molar-refractivity contribution in [3.05, 3.63) is 50.6 Å². The Balaban J connectivity index is 1.96. The standard InChI is InChI=1S/C13H13BrN2O2S/c14-12-8-9(3-4-11(12)13(15)16-17)18-6-5-10-2-1-7-19-10/h1-4,7-8,17H,5-6H2,(H2,15,16). The largest absolute Gasteiger partial charge is 0.493 e. The molecule has 0 saturated carbocycles. The Labute approximate surface area is 123 Å². The smallest absolute Gasteiger partial charge is 0.171 e. The van der Waals surface area contributed by atoms with Gasteiger partial charge in [0.1, 0.15) is 5.75 Å². The third kappa shape index (κ3) is 3.71. The van der Waals surface area contributed by atoms with Gasteiger partial charge in [-0.1, -0.05) is 11.2 Å². The molecule has 0 bridgehead atoms. The number of hydrogen-bond acceptors (Lipinski definition) is 4. The summed E-state index contributed by atoms with van der Waals surface area (Å²) in [6.07, 6.45) is 0.886. The molecule has 1 heterocycles. The summed E-state index contributed by atoms with van der Waals surface area (Å²) in [4.78, 5) is 1.30. The minimum Gasteiger partial charge on any atom is -0.493 e. The number of halogens is 1. The zero-order valence-electron chi connectivity index (χ0n) is 10.0. The highest BCUT2D eigenvalue weighted by Gasteiger charge is 2.06. The van der Waals surface area contributed by atoms with Gasteiger partial charge in [0.2, 0.25) is 0 Å². The molecule has 0 fully saturated rings. The summed E-state index contributed by atoms with van der Waals surface area (Å²) in [5.41, 5.74) is 6.17. The van der Waals surface area contributed by atoms with Gasteiger partial charge in [-0.3, -0.25) is 0 Å². The SMILES string of the molecule is N/C(=N/O)c1ccc(OCCc2cccs2)cc1Br. The molecule has 3 N–H and O–H groups in total. The number of nitrogens with zero attached hydrogens (tertiary/aromatic N) is 1. The number of nitrogens with two attached hydrogens (primary N) is 1. The Hall–Kier alpha value is -1.53. The molecule has 19 heavy (non-hydrogen) atoms. The molecule has 0 amide bonds. The molecule has 1 aromatic carbocycles. The van der Waals surface area contributed by atoms with Crippen LogP contribution in [-0.4, -0.2) is 17.6 Å². The molecule has 0 aliphatic rings. The highest BCUT2D eigenvalue weighted by Crippen LogP contribution is 2.23. The average molecular weight is 341 g/mol. The van der Waals surface area contributed by atoms with Gasteiger partial charge >= 0.3 is 0 Å². The molecular weight excluding hydrogens is 328 g/mol. The van der Waals surface area contributed by atoms with E-state index in [9.17, 15) is 0 Å². The molecule has 2 rings (SSSR count). The predicted molar refractivity (Wildman–Crippen MR) is 80.2 cm³/mol. The van der Waals surface area contributed by atoms with Gasteiger partial charge in [0, 0.05) is 21.3 Å². The second kappa shape index (κ2) is 6.58. The van der Waals surface area contributed by atoms with Crippen molar-refractivity contribution >= 4 is 33.1 Å². The predicted octanol–water partition coefficient (Wildman–Crippen LogP) is 3.23. The number of oxime groups is 1. The topological polar surface area (TPSA) is 67.8 Å². The van der Waals surface area contributed by atoms with Crippen LogP contribution in [0.15, 0.2) is 45.3 Å². The number of amidine groups is 1. The molecule has 100 valence electrons. The van der Waals surface area contributed by atoms with E-state index >= 15 is 0 Å². The first-order valence-electron chi connectivity index (χ1n) is 5.63. The summed E-state index contributed by atoms with van der Waals surface area (Å²) >= 11 is 5.09. The lowest BCUT2D eigenvalue weighted by atomic mass is 10.2. The zero-order chi connectivity index (χ0) is 13.7. The van der Waals surface area contributed by atoms with Gasteiger partial charge in [-0.15, -0.1) is 11.3 Å². The lowest BCUT2D eigenvalue weighted by Gasteiger charge is -2.08. The summed E-state index contributed by atoms with van der Waals surface area (Å²) < 4.78 is 6.39. The molecule has 0 saturated heterocycles. The maximum absolute atomic E-state index is 8.64. The van der Waals surface area contributed by atoms with E-state index < -0.39 is 0 Å². The van der Waals surface area contributed by atoms with E-state index in [0.717, 1.165) is 16.6 Å². The second-order valence-corrected chi connectivity index (χ2v) is 5.69. The second-order valence-electron chi connectivity index (χ2n) is 3.80. The van der Waals surface area contributed by atoms with Gasteiger partial charge in [0.15, 0.2) is 5.84 Å². The zero-order valence-corrected chi connectivity index (χ0v) is 12.4. The van der Waals surface area contributed by atoms with Gasteiger partial charge < -0.3 is 15.7 Å². The fraction of sp³-hybridized carbons (Fsp3) is 0.154. The van der Waals surface area contributed by atoms with Crippen molar-refractivity contribution in [3.63, 3.8) is 0 Å². The van der Waals surface area contributed by atoms with Crippen molar-refractivity contribution in [3.8, 4) is 5.75 Å². The maximum Gasteiger partial charge on any atom is 0.171 e. The van der Waals surface area contributed by atoms with Crippen LogP contribution in [0, 0.1) is 0 Å². The van der Waals surface area contributed by atoms with Gasteiger partial charge in [0.25, 0.3) is 0 Å². The van der Waals surface area contributed by atoms with Crippen LogP contribution in [-0.2, 0) is 6.42 Å². The number of ether oxygens (including phenoxy) is 1. The lowest BCUT2D eigenvalue weighted by Crippen LogP contribution is -2.13. The third-order valence-corrected chi connectivity index (χ3v) is 4.11. The minimum atomic E-state index is 0.0667. The van der Waals surface area contributed by atoms with E-state index in [-0.39, 0.29) is 5.84 Å². The van der Waals surface area contributed by atoms with Crippen molar-refractivity contribution in [2.24, 2.45) is 10.9 Å². The first-order chi connectivity index (χ1) is 9.20. The van der Waals surface area contributed by atoms with E-state index in [1.165, 1.54) is 4.88 Å². The number of hydrogen-bond donors (Lipinski definition) is 2. The first-order valence-corrected chi connectivity index (χ1v) is 7.30. The molecule has 0 atom stereocenters. The van der Waals surface area contributed by atoms with E-state index in [4.69, 9.17) is 15.7 Å². The first kappa shape index (κ1) is 13.9. The highest BCUT2D eigenvalue weighted by molar-refractivity contribution is 9.10. The van der Waals surface area contributed by atoms with Crippen LogP contribution in [0.5, 0.6) is 5.75 Å². The summed E-state index contributed by atoms with van der Waals surface area (Å²) in [5, 5.41) is 13.7. The third-order valence-electron chi connectivity index (χ3n) is 2.52. The van der Waals surface area contributed by atoms with Crippen LogP contribution in [0.3, 0.4) is 0 Å². The van der Waals surface area contributed by atoms with Crippen molar-refractivity contribution in [2.75, 3.05) is 6.61 Å². The molecule has 6 heteroatoms. The van der Waals surface area contributed by atoms with Crippen molar-refractivity contribution in [1.29, 1.82) is 0 Å². The molecule has 0 aliphatic heterocycles. The number of benzene rings is 1. The molecular formula is C13H13BrN2O2S. The highest BCUT2D eigenvalue weighted by atomic mass is 79.9. The van der Waals surface area contributed by atoms with Crippen LogP contribution in [0.25, 0.3) is 0 Å². The Morgan fingerprint density at radius 3 is 2.89 bits per heavy atom. The van der Waals surface area contributed by atoms with E-state index in [1.54, 1.807) is 23.5 Å². The Bertz CT molecular complexity index is 570. The summed E-state index contributed by atoms with van der Waals surface area (Å²) in [6, 6.07) is 9.47. The Kier molecular flexibility index (Phi) is 4.81. The van der Waals surface area contributed by atoms with E-state index in [1.807, 2.05) is 12.1 Å². The monoisotopic (exact) mass is 340 g/mol. The van der Waals surface area contributed by atoms with Gasteiger partial charge in [0.05, 0.1) is 6.61 Å². The van der Waals surface area contributed by atoms with Gasteiger partial charge in [-0.2, -0.15) is 0 Å². The van der Waals surface area contributed by atoms with Crippen LogP contribution in [0.4, 0.5) is 0 Å². The van der Waals surface area contributed by atoms with Crippen molar-refractivity contribution in [2.45, 2.75) is 6.42 Å². The average Bonchev–Trinajstić information content (AvgIpc) is 2.91. The minimum absolute atomic E-state index is 0.0667.